The average Bonchev–Trinajstić information content (AvgIpc) is 2.77. The van der Waals surface area contributed by atoms with E-state index >= 15 is 0 Å². The monoisotopic (exact) mass is 336 g/mol. The van der Waals surface area contributed by atoms with Crippen molar-refractivity contribution in [3.8, 4) is 11.8 Å². The molecule has 0 spiro atoms. The van der Waals surface area contributed by atoms with Gasteiger partial charge in [0, 0.05) is 17.1 Å². The Balaban J connectivity index is 2.52. The van der Waals surface area contributed by atoms with Crippen molar-refractivity contribution in [3.63, 3.8) is 0 Å². The molecule has 0 saturated carbocycles. The van der Waals surface area contributed by atoms with Gasteiger partial charge in [0.2, 0.25) is 0 Å². The zero-order valence-corrected chi connectivity index (χ0v) is 14.7. The van der Waals surface area contributed by atoms with Crippen molar-refractivity contribution in [2.45, 2.75) is 27.7 Å². The Kier molecular flexibility index (Phi) is 5.08. The highest BCUT2D eigenvalue weighted by Gasteiger charge is 2.15. The van der Waals surface area contributed by atoms with E-state index in [-0.39, 0.29) is 5.57 Å². The van der Waals surface area contributed by atoms with Gasteiger partial charge in [-0.2, -0.15) is 5.26 Å². The number of aromatic nitrogens is 1. The SMILES string of the molecule is Cc1cc(C)cc(-n2c(C)cc(/C=C(/C#N)C(=O)NC(N)=O)c2C)c1. The minimum Gasteiger partial charge on any atom is -0.351 e. The molecule has 6 nitrogen and oxygen atoms in total. The molecule has 3 amide bonds. The smallest absolute Gasteiger partial charge is 0.319 e. The van der Waals surface area contributed by atoms with Gasteiger partial charge < -0.3 is 10.3 Å². The van der Waals surface area contributed by atoms with Crippen LogP contribution in [0.2, 0.25) is 0 Å². The Labute approximate surface area is 146 Å². The number of nitrogens with two attached hydrogens (primary N) is 1. The number of benzene rings is 1. The third kappa shape index (κ3) is 3.96. The third-order valence-corrected chi connectivity index (χ3v) is 3.84. The standard InChI is InChI=1S/C19H20N4O2/c1-11-5-12(2)7-17(6-11)23-13(3)8-15(14(23)4)9-16(10-20)18(24)22-19(21)25/h5-9H,1-4H3,(H3,21,22,24,25)/b16-9-. The molecule has 2 rings (SSSR count). The van der Waals surface area contributed by atoms with Crippen LogP contribution in [0, 0.1) is 39.0 Å². The van der Waals surface area contributed by atoms with E-state index < -0.39 is 11.9 Å². The van der Waals surface area contributed by atoms with Crippen LogP contribution in [0.1, 0.15) is 28.1 Å². The Bertz CT molecular complexity index is 909. The summed E-state index contributed by atoms with van der Waals surface area (Å²) in [6, 6.07) is 8.95. The van der Waals surface area contributed by atoms with Crippen LogP contribution >= 0.6 is 0 Å². The molecule has 128 valence electrons. The second-order valence-corrected chi connectivity index (χ2v) is 6.00. The van der Waals surface area contributed by atoms with E-state index in [1.54, 1.807) is 6.07 Å². The zero-order valence-electron chi connectivity index (χ0n) is 14.7. The van der Waals surface area contributed by atoms with Crippen LogP contribution in [0.5, 0.6) is 0 Å². The van der Waals surface area contributed by atoms with Gasteiger partial charge in [-0.1, -0.05) is 6.07 Å². The van der Waals surface area contributed by atoms with E-state index in [1.807, 2.05) is 39.1 Å². The topological polar surface area (TPSA) is 101 Å². The number of aryl methyl sites for hydroxylation is 3. The Morgan fingerprint density at radius 2 is 1.72 bits per heavy atom. The minimum absolute atomic E-state index is 0.181. The molecular weight excluding hydrogens is 316 g/mol. The zero-order chi connectivity index (χ0) is 18.7. The third-order valence-electron chi connectivity index (χ3n) is 3.84. The summed E-state index contributed by atoms with van der Waals surface area (Å²) in [5.41, 5.74) is 10.7. The number of nitrogens with zero attached hydrogens (tertiary/aromatic N) is 2. The highest BCUT2D eigenvalue weighted by atomic mass is 16.2. The van der Waals surface area contributed by atoms with E-state index in [2.05, 4.69) is 22.8 Å². The number of carbonyl (C=O) groups is 2. The first kappa shape index (κ1) is 18.0. The average molecular weight is 336 g/mol. The largest absolute Gasteiger partial charge is 0.351 e. The fourth-order valence-corrected chi connectivity index (χ4v) is 2.89. The van der Waals surface area contributed by atoms with Crippen LogP contribution in [0.3, 0.4) is 0 Å². The molecule has 1 heterocycles. The van der Waals surface area contributed by atoms with E-state index in [9.17, 15) is 14.9 Å². The summed E-state index contributed by atoms with van der Waals surface area (Å²) in [5.74, 6) is -0.814. The summed E-state index contributed by atoms with van der Waals surface area (Å²) < 4.78 is 2.06. The maximum absolute atomic E-state index is 11.8. The van der Waals surface area contributed by atoms with Crippen molar-refractivity contribution in [1.82, 2.24) is 9.88 Å². The van der Waals surface area contributed by atoms with Gasteiger partial charge in [-0.05, 0) is 68.7 Å². The summed E-state index contributed by atoms with van der Waals surface area (Å²) in [4.78, 5) is 22.6. The molecule has 1 aromatic heterocycles. The fourth-order valence-electron chi connectivity index (χ4n) is 2.89. The van der Waals surface area contributed by atoms with Gasteiger partial charge >= 0.3 is 6.03 Å². The first-order chi connectivity index (χ1) is 11.7. The molecular formula is C19H20N4O2. The number of urea groups is 1. The van der Waals surface area contributed by atoms with Crippen LogP contribution in [-0.2, 0) is 4.79 Å². The van der Waals surface area contributed by atoms with Crippen LogP contribution in [0.25, 0.3) is 11.8 Å². The summed E-state index contributed by atoms with van der Waals surface area (Å²) in [7, 11) is 0. The molecule has 0 aliphatic carbocycles. The lowest BCUT2D eigenvalue weighted by atomic mass is 10.1. The van der Waals surface area contributed by atoms with Crippen molar-refractivity contribution < 1.29 is 9.59 Å². The Hall–Kier alpha value is -3.33. The lowest BCUT2D eigenvalue weighted by Gasteiger charge is -2.12. The quantitative estimate of drug-likeness (QED) is 0.665. The number of nitriles is 1. The molecule has 2 aromatic rings. The van der Waals surface area contributed by atoms with Gasteiger partial charge in [0.1, 0.15) is 11.6 Å². The predicted molar refractivity (Wildman–Crippen MR) is 96.0 cm³/mol. The van der Waals surface area contributed by atoms with Crippen LogP contribution in [0.15, 0.2) is 29.8 Å². The molecule has 0 atom stereocenters. The van der Waals surface area contributed by atoms with Gasteiger partial charge in [-0.3, -0.25) is 10.1 Å². The molecule has 0 fully saturated rings. The normalized spacial score (nSPS) is 11.1. The number of nitrogens with one attached hydrogen (secondary N) is 1. The second kappa shape index (κ2) is 7.05. The maximum atomic E-state index is 11.8. The van der Waals surface area contributed by atoms with Crippen molar-refractivity contribution in [2.75, 3.05) is 0 Å². The predicted octanol–water partition coefficient (Wildman–Crippen LogP) is 2.81. The number of carbonyl (C=O) groups excluding carboxylic acids is 2. The molecule has 1 aromatic carbocycles. The summed E-state index contributed by atoms with van der Waals surface area (Å²) >= 11 is 0. The maximum Gasteiger partial charge on any atom is 0.319 e. The molecule has 6 heteroatoms. The molecule has 25 heavy (non-hydrogen) atoms. The van der Waals surface area contributed by atoms with E-state index in [0.29, 0.717) is 0 Å². The second-order valence-electron chi connectivity index (χ2n) is 6.00. The van der Waals surface area contributed by atoms with E-state index in [0.717, 1.165) is 33.8 Å². The van der Waals surface area contributed by atoms with Gasteiger partial charge in [0.25, 0.3) is 5.91 Å². The number of imide groups is 1. The van der Waals surface area contributed by atoms with Crippen molar-refractivity contribution in [3.05, 3.63) is 57.9 Å². The van der Waals surface area contributed by atoms with E-state index in [4.69, 9.17) is 5.73 Å². The Morgan fingerprint density at radius 3 is 2.24 bits per heavy atom. The number of amides is 3. The fraction of sp³-hybridized carbons (Fsp3) is 0.211. The molecule has 0 saturated heterocycles. The lowest BCUT2D eigenvalue weighted by Crippen LogP contribution is -2.35. The van der Waals surface area contributed by atoms with Gasteiger partial charge in [-0.15, -0.1) is 0 Å². The summed E-state index contributed by atoms with van der Waals surface area (Å²) in [5, 5.41) is 11.1. The number of hydrogen-bond donors (Lipinski definition) is 2. The van der Waals surface area contributed by atoms with Gasteiger partial charge in [-0.25, -0.2) is 4.79 Å². The number of hydrogen-bond acceptors (Lipinski definition) is 3. The van der Waals surface area contributed by atoms with E-state index in [1.165, 1.54) is 6.08 Å². The summed E-state index contributed by atoms with van der Waals surface area (Å²) in [6.07, 6.45) is 1.46. The van der Waals surface area contributed by atoms with Crippen LogP contribution in [-0.4, -0.2) is 16.5 Å². The lowest BCUT2D eigenvalue weighted by molar-refractivity contribution is -0.115. The molecule has 3 N–H and O–H groups in total. The first-order valence-corrected chi connectivity index (χ1v) is 7.73. The first-order valence-electron chi connectivity index (χ1n) is 7.73. The molecule has 0 aliphatic rings. The highest BCUT2D eigenvalue weighted by Crippen LogP contribution is 2.24. The molecule has 0 aliphatic heterocycles. The summed E-state index contributed by atoms with van der Waals surface area (Å²) in [6.45, 7) is 7.94. The van der Waals surface area contributed by atoms with Crippen LogP contribution < -0.4 is 11.1 Å². The van der Waals surface area contributed by atoms with Gasteiger partial charge in [0.05, 0.1) is 0 Å². The molecule has 0 bridgehead atoms. The molecule has 0 unspecified atom stereocenters. The minimum atomic E-state index is -0.994. The number of rotatable bonds is 3. The molecule has 0 radical (unpaired) electrons. The van der Waals surface area contributed by atoms with Crippen molar-refractivity contribution in [2.24, 2.45) is 5.73 Å². The number of primary amides is 1. The Morgan fingerprint density at radius 1 is 1.12 bits per heavy atom. The van der Waals surface area contributed by atoms with Crippen molar-refractivity contribution in [1.29, 1.82) is 5.26 Å². The van der Waals surface area contributed by atoms with Crippen molar-refractivity contribution >= 4 is 18.0 Å². The van der Waals surface area contributed by atoms with Gasteiger partial charge in [0.15, 0.2) is 0 Å². The highest BCUT2D eigenvalue weighted by molar-refractivity contribution is 6.08. The van der Waals surface area contributed by atoms with Crippen LogP contribution in [0.4, 0.5) is 4.79 Å².